The predicted octanol–water partition coefficient (Wildman–Crippen LogP) is 1.59. The third-order valence-electron chi connectivity index (χ3n) is 3.15. The molecule has 0 bridgehead atoms. The zero-order chi connectivity index (χ0) is 14.4. The average molecular weight is 271 g/mol. The first kappa shape index (κ1) is 14.1. The van der Waals surface area contributed by atoms with Gasteiger partial charge in [-0.15, -0.1) is 0 Å². The molecule has 0 aliphatic heterocycles. The molecular formula is C15H21N5. The molecular weight excluding hydrogens is 250 g/mol. The number of nitrogens with one attached hydrogen (secondary N) is 2. The van der Waals surface area contributed by atoms with E-state index in [4.69, 9.17) is 0 Å². The van der Waals surface area contributed by atoms with Crippen molar-refractivity contribution < 1.29 is 0 Å². The van der Waals surface area contributed by atoms with Crippen LogP contribution in [0.4, 0.5) is 0 Å². The minimum absolute atomic E-state index is 0.710. The van der Waals surface area contributed by atoms with E-state index in [1.807, 2.05) is 25.5 Å². The summed E-state index contributed by atoms with van der Waals surface area (Å²) in [5.41, 5.74) is 3.69. The number of nitrogens with zero attached hydrogens (tertiary/aromatic N) is 3. The molecule has 0 spiro atoms. The van der Waals surface area contributed by atoms with E-state index >= 15 is 0 Å². The molecule has 0 saturated carbocycles. The summed E-state index contributed by atoms with van der Waals surface area (Å²) < 4.78 is 1.79. The lowest BCUT2D eigenvalue weighted by atomic mass is 10.1. The van der Waals surface area contributed by atoms with Gasteiger partial charge in [0.15, 0.2) is 5.96 Å². The number of hydrogen-bond donors (Lipinski definition) is 2. The summed E-state index contributed by atoms with van der Waals surface area (Å²) in [6, 6.07) is 8.34. The van der Waals surface area contributed by atoms with Gasteiger partial charge < -0.3 is 10.6 Å². The number of aliphatic imine (C=N–C) groups is 1. The summed E-state index contributed by atoms with van der Waals surface area (Å²) in [6.45, 7) is 3.59. The summed E-state index contributed by atoms with van der Waals surface area (Å²) in [7, 11) is 3.69. The number of aromatic nitrogens is 2. The van der Waals surface area contributed by atoms with E-state index in [1.54, 1.807) is 11.7 Å². The van der Waals surface area contributed by atoms with Crippen LogP contribution in [0.3, 0.4) is 0 Å². The molecule has 0 fully saturated rings. The summed E-state index contributed by atoms with van der Waals surface area (Å²) in [6.07, 6.45) is 3.84. The van der Waals surface area contributed by atoms with Crippen molar-refractivity contribution in [2.45, 2.75) is 20.0 Å². The van der Waals surface area contributed by atoms with Gasteiger partial charge in [0.2, 0.25) is 0 Å². The van der Waals surface area contributed by atoms with Crippen LogP contribution in [0.15, 0.2) is 41.7 Å². The highest BCUT2D eigenvalue weighted by atomic mass is 15.2. The number of guanidine groups is 1. The van der Waals surface area contributed by atoms with Gasteiger partial charge in [0.1, 0.15) is 0 Å². The van der Waals surface area contributed by atoms with Gasteiger partial charge in [-0.05, 0) is 18.1 Å². The average Bonchev–Trinajstić information content (AvgIpc) is 2.86. The second-order valence-electron chi connectivity index (χ2n) is 4.73. The Balaban J connectivity index is 1.85. The van der Waals surface area contributed by atoms with Crippen LogP contribution >= 0.6 is 0 Å². The molecule has 0 unspecified atom stereocenters. The van der Waals surface area contributed by atoms with Crippen LogP contribution in [0.5, 0.6) is 0 Å². The molecule has 5 heteroatoms. The van der Waals surface area contributed by atoms with Gasteiger partial charge >= 0.3 is 0 Å². The smallest absolute Gasteiger partial charge is 0.191 e. The Morgan fingerprint density at radius 3 is 2.65 bits per heavy atom. The van der Waals surface area contributed by atoms with E-state index in [9.17, 15) is 0 Å². The van der Waals surface area contributed by atoms with Crippen LogP contribution in [0.1, 0.15) is 16.7 Å². The Kier molecular flexibility index (Phi) is 4.76. The molecule has 2 rings (SSSR count). The third-order valence-corrected chi connectivity index (χ3v) is 3.15. The molecule has 0 saturated heterocycles. The molecule has 2 N–H and O–H groups in total. The predicted molar refractivity (Wildman–Crippen MR) is 81.4 cm³/mol. The topological polar surface area (TPSA) is 54.2 Å². The lowest BCUT2D eigenvalue weighted by Gasteiger charge is -2.12. The summed E-state index contributed by atoms with van der Waals surface area (Å²) in [5.74, 6) is 0.789. The van der Waals surface area contributed by atoms with Crippen LogP contribution < -0.4 is 10.6 Å². The molecule has 0 aliphatic rings. The van der Waals surface area contributed by atoms with Gasteiger partial charge in [0.05, 0.1) is 6.20 Å². The molecule has 0 amide bonds. The van der Waals surface area contributed by atoms with E-state index in [-0.39, 0.29) is 0 Å². The van der Waals surface area contributed by atoms with Gasteiger partial charge in [-0.25, -0.2) is 0 Å². The maximum Gasteiger partial charge on any atom is 0.191 e. The molecule has 20 heavy (non-hydrogen) atoms. The summed E-state index contributed by atoms with van der Waals surface area (Å²) >= 11 is 0. The van der Waals surface area contributed by atoms with E-state index in [0.717, 1.165) is 18.1 Å². The minimum atomic E-state index is 0.710. The SMILES string of the molecule is CN=C(NCc1cnn(C)c1)NCc1ccccc1C. The largest absolute Gasteiger partial charge is 0.352 e. The van der Waals surface area contributed by atoms with Crippen LogP contribution in [-0.4, -0.2) is 22.8 Å². The maximum atomic E-state index is 4.22. The summed E-state index contributed by atoms with van der Waals surface area (Å²) in [5, 5.41) is 10.7. The number of rotatable bonds is 4. The molecule has 0 radical (unpaired) electrons. The van der Waals surface area contributed by atoms with E-state index < -0.39 is 0 Å². The standard InChI is InChI=1S/C15H21N5/c1-12-6-4-5-7-14(12)10-18-15(16-2)17-8-13-9-19-20(3)11-13/h4-7,9,11H,8,10H2,1-3H3,(H2,16,17,18). The normalized spacial score (nSPS) is 11.4. The van der Waals surface area contributed by atoms with Gasteiger partial charge in [-0.3, -0.25) is 9.67 Å². The highest BCUT2D eigenvalue weighted by Crippen LogP contribution is 2.05. The van der Waals surface area contributed by atoms with E-state index in [0.29, 0.717) is 6.54 Å². The molecule has 1 aromatic carbocycles. The maximum absolute atomic E-state index is 4.22. The van der Waals surface area contributed by atoms with Gasteiger partial charge in [0, 0.05) is 38.9 Å². The van der Waals surface area contributed by atoms with Crippen molar-refractivity contribution in [1.29, 1.82) is 0 Å². The van der Waals surface area contributed by atoms with Crippen molar-refractivity contribution in [1.82, 2.24) is 20.4 Å². The number of hydrogen-bond acceptors (Lipinski definition) is 2. The molecule has 5 nitrogen and oxygen atoms in total. The fraction of sp³-hybridized carbons (Fsp3) is 0.333. The number of benzene rings is 1. The van der Waals surface area contributed by atoms with E-state index in [2.05, 4.69) is 45.8 Å². The van der Waals surface area contributed by atoms with Crippen molar-refractivity contribution in [3.63, 3.8) is 0 Å². The minimum Gasteiger partial charge on any atom is -0.352 e. The van der Waals surface area contributed by atoms with Crippen molar-refractivity contribution in [2.24, 2.45) is 12.0 Å². The Morgan fingerprint density at radius 2 is 2.00 bits per heavy atom. The fourth-order valence-corrected chi connectivity index (χ4v) is 1.96. The molecule has 0 aliphatic carbocycles. The molecule has 106 valence electrons. The second kappa shape index (κ2) is 6.75. The van der Waals surface area contributed by atoms with Crippen molar-refractivity contribution in [3.8, 4) is 0 Å². The third kappa shape index (κ3) is 3.85. The molecule has 2 aromatic rings. The Labute approximate surface area is 119 Å². The fourth-order valence-electron chi connectivity index (χ4n) is 1.96. The lowest BCUT2D eigenvalue weighted by Crippen LogP contribution is -2.36. The number of aryl methyl sites for hydroxylation is 2. The highest BCUT2D eigenvalue weighted by Gasteiger charge is 2.01. The second-order valence-corrected chi connectivity index (χ2v) is 4.73. The highest BCUT2D eigenvalue weighted by molar-refractivity contribution is 5.79. The Hall–Kier alpha value is -2.30. The van der Waals surface area contributed by atoms with Crippen LogP contribution in [0.25, 0.3) is 0 Å². The molecule has 1 heterocycles. The van der Waals surface area contributed by atoms with Gasteiger partial charge in [-0.2, -0.15) is 5.10 Å². The summed E-state index contributed by atoms with van der Waals surface area (Å²) in [4.78, 5) is 4.22. The van der Waals surface area contributed by atoms with Crippen molar-refractivity contribution >= 4 is 5.96 Å². The molecule has 0 atom stereocenters. The quantitative estimate of drug-likeness (QED) is 0.656. The molecule has 1 aromatic heterocycles. The van der Waals surface area contributed by atoms with Crippen molar-refractivity contribution in [2.75, 3.05) is 7.05 Å². The van der Waals surface area contributed by atoms with Gasteiger partial charge in [-0.1, -0.05) is 24.3 Å². The first-order valence-corrected chi connectivity index (χ1v) is 6.65. The zero-order valence-electron chi connectivity index (χ0n) is 12.2. The monoisotopic (exact) mass is 271 g/mol. The lowest BCUT2D eigenvalue weighted by molar-refractivity contribution is 0.764. The Bertz CT molecular complexity index is 585. The van der Waals surface area contributed by atoms with Crippen LogP contribution in [-0.2, 0) is 20.1 Å². The van der Waals surface area contributed by atoms with Crippen molar-refractivity contribution in [3.05, 3.63) is 53.3 Å². The Morgan fingerprint density at radius 1 is 1.25 bits per heavy atom. The zero-order valence-corrected chi connectivity index (χ0v) is 12.2. The van der Waals surface area contributed by atoms with Gasteiger partial charge in [0.25, 0.3) is 0 Å². The first-order chi connectivity index (χ1) is 9.69. The first-order valence-electron chi connectivity index (χ1n) is 6.65. The van der Waals surface area contributed by atoms with Crippen LogP contribution in [0.2, 0.25) is 0 Å². The van der Waals surface area contributed by atoms with Crippen LogP contribution in [0, 0.1) is 6.92 Å². The van der Waals surface area contributed by atoms with E-state index in [1.165, 1.54) is 11.1 Å².